The summed E-state index contributed by atoms with van der Waals surface area (Å²) in [6.07, 6.45) is 12.0. The Labute approximate surface area is 194 Å². The van der Waals surface area contributed by atoms with Crippen LogP contribution in [0.15, 0.2) is 12.1 Å². The highest BCUT2D eigenvalue weighted by Gasteiger charge is 2.45. The average molecular weight is 447 g/mol. The van der Waals surface area contributed by atoms with Crippen LogP contribution in [0, 0.1) is 12.3 Å². The number of carbonyl (C=O) groups excluding carboxylic acids is 1. The van der Waals surface area contributed by atoms with E-state index in [2.05, 4.69) is 40.7 Å². The smallest absolute Gasteiger partial charge is 0.233 e. The summed E-state index contributed by atoms with van der Waals surface area (Å²) in [4.78, 5) is 25.7. The Kier molecular flexibility index (Phi) is 6.83. The van der Waals surface area contributed by atoms with E-state index < -0.39 is 0 Å². The van der Waals surface area contributed by atoms with Gasteiger partial charge in [0.15, 0.2) is 0 Å². The highest BCUT2D eigenvalue weighted by molar-refractivity contribution is 5.99. The third-order valence-electron chi connectivity index (χ3n) is 8.44. The van der Waals surface area contributed by atoms with Gasteiger partial charge in [0.25, 0.3) is 0 Å². The topological polar surface area (TPSA) is 39.7 Å². The Bertz CT molecular complexity index is 788. The minimum Gasteiger partial charge on any atom is -0.355 e. The second-order valence-electron chi connectivity index (χ2n) is 10.3. The molecule has 4 aliphatic rings. The normalized spacial score (nSPS) is 28.9. The summed E-state index contributed by atoms with van der Waals surface area (Å²) in [7, 11) is 0. The van der Waals surface area contributed by atoms with Crippen LogP contribution in [0.5, 0.6) is 0 Å². The van der Waals surface area contributed by atoms with Gasteiger partial charge < -0.3 is 9.80 Å². The first-order chi connectivity index (χ1) is 14.6. The molecule has 172 valence electrons. The first-order valence-corrected chi connectivity index (χ1v) is 12.4. The molecule has 0 N–H and O–H groups in total. The number of rotatable bonds is 3. The molecule has 1 saturated carbocycles. The molecule has 2 atom stereocenters. The van der Waals surface area contributed by atoms with E-state index in [1.807, 2.05) is 0 Å². The van der Waals surface area contributed by atoms with Crippen LogP contribution in [0.25, 0.3) is 0 Å². The maximum absolute atomic E-state index is 13.5. The van der Waals surface area contributed by atoms with E-state index in [1.54, 1.807) is 0 Å². The van der Waals surface area contributed by atoms with Gasteiger partial charge in [-0.3, -0.25) is 9.69 Å². The summed E-state index contributed by atoms with van der Waals surface area (Å²) in [5, 5.41) is 0. The summed E-state index contributed by atoms with van der Waals surface area (Å²) >= 11 is 0. The molecule has 31 heavy (non-hydrogen) atoms. The SMILES string of the molecule is Cc1nc(N2CC[C@@H](N3CCC[C@@H]3C)C2)ccc1N1CCCC2(CCCCC2)C1=O.Cl. The van der Waals surface area contributed by atoms with E-state index in [4.69, 9.17) is 4.98 Å². The largest absolute Gasteiger partial charge is 0.355 e. The number of likely N-dealkylation sites (tertiary alicyclic amines) is 1. The molecule has 4 fully saturated rings. The van der Waals surface area contributed by atoms with Crippen LogP contribution in [0.3, 0.4) is 0 Å². The van der Waals surface area contributed by atoms with Crippen molar-refractivity contribution in [2.75, 3.05) is 36.0 Å². The fraction of sp³-hybridized carbons (Fsp3) is 0.760. The Morgan fingerprint density at radius 3 is 2.45 bits per heavy atom. The number of hydrogen-bond donors (Lipinski definition) is 0. The van der Waals surface area contributed by atoms with E-state index in [0.717, 1.165) is 68.6 Å². The maximum Gasteiger partial charge on any atom is 0.233 e. The van der Waals surface area contributed by atoms with Crippen LogP contribution in [-0.2, 0) is 4.79 Å². The van der Waals surface area contributed by atoms with E-state index in [9.17, 15) is 4.79 Å². The number of hydrogen-bond acceptors (Lipinski definition) is 4. The molecule has 5 rings (SSSR count). The van der Waals surface area contributed by atoms with Gasteiger partial charge in [-0.05, 0) is 77.5 Å². The third kappa shape index (κ3) is 4.20. The number of aryl methyl sites for hydroxylation is 1. The number of anilines is 2. The van der Waals surface area contributed by atoms with Crippen LogP contribution in [0.2, 0.25) is 0 Å². The summed E-state index contributed by atoms with van der Waals surface area (Å²) < 4.78 is 0. The predicted octanol–water partition coefficient (Wildman–Crippen LogP) is 4.95. The van der Waals surface area contributed by atoms with Crippen molar-refractivity contribution >= 4 is 29.8 Å². The number of piperidine rings is 1. The Morgan fingerprint density at radius 1 is 0.968 bits per heavy atom. The fourth-order valence-electron chi connectivity index (χ4n) is 6.71. The van der Waals surface area contributed by atoms with Crippen molar-refractivity contribution in [3.63, 3.8) is 0 Å². The molecule has 0 unspecified atom stereocenters. The lowest BCUT2D eigenvalue weighted by Crippen LogP contribution is -2.50. The van der Waals surface area contributed by atoms with Crippen molar-refractivity contribution in [1.82, 2.24) is 9.88 Å². The van der Waals surface area contributed by atoms with E-state index in [1.165, 1.54) is 45.1 Å². The van der Waals surface area contributed by atoms with Gasteiger partial charge in [-0.15, -0.1) is 12.4 Å². The number of halogens is 1. The first-order valence-electron chi connectivity index (χ1n) is 12.4. The van der Waals surface area contributed by atoms with Crippen LogP contribution in [0.4, 0.5) is 11.5 Å². The Balaban J connectivity index is 0.00000231. The highest BCUT2D eigenvalue weighted by Crippen LogP contribution is 2.45. The van der Waals surface area contributed by atoms with E-state index in [-0.39, 0.29) is 17.8 Å². The van der Waals surface area contributed by atoms with Crippen molar-refractivity contribution in [2.24, 2.45) is 5.41 Å². The molecule has 3 aliphatic heterocycles. The van der Waals surface area contributed by atoms with Crippen LogP contribution in [0.1, 0.15) is 76.8 Å². The predicted molar refractivity (Wildman–Crippen MR) is 129 cm³/mol. The molecule has 1 aromatic rings. The molecule has 4 heterocycles. The molecule has 6 heteroatoms. The zero-order chi connectivity index (χ0) is 20.7. The maximum atomic E-state index is 13.5. The molecular formula is C25H39ClN4O. The van der Waals surface area contributed by atoms with Gasteiger partial charge in [0, 0.05) is 37.1 Å². The molecule has 1 spiro atoms. The molecular weight excluding hydrogens is 408 g/mol. The quantitative estimate of drug-likeness (QED) is 0.658. The van der Waals surface area contributed by atoms with Crippen molar-refractivity contribution in [3.8, 4) is 0 Å². The second-order valence-corrected chi connectivity index (χ2v) is 10.3. The summed E-state index contributed by atoms with van der Waals surface area (Å²) in [5.41, 5.74) is 1.96. The van der Waals surface area contributed by atoms with Gasteiger partial charge in [0.05, 0.1) is 11.4 Å². The molecule has 1 amide bonds. The van der Waals surface area contributed by atoms with Gasteiger partial charge in [0.2, 0.25) is 5.91 Å². The Hall–Kier alpha value is -1.33. The van der Waals surface area contributed by atoms with Crippen LogP contribution < -0.4 is 9.80 Å². The van der Waals surface area contributed by atoms with E-state index in [0.29, 0.717) is 11.9 Å². The van der Waals surface area contributed by atoms with Crippen LogP contribution >= 0.6 is 12.4 Å². The molecule has 1 aromatic heterocycles. The molecule has 0 radical (unpaired) electrons. The monoisotopic (exact) mass is 446 g/mol. The van der Waals surface area contributed by atoms with E-state index >= 15 is 0 Å². The molecule has 1 aliphatic carbocycles. The third-order valence-corrected chi connectivity index (χ3v) is 8.44. The second kappa shape index (κ2) is 9.27. The molecule has 0 bridgehead atoms. The number of carbonyl (C=O) groups is 1. The zero-order valence-corrected chi connectivity index (χ0v) is 20.1. The fourth-order valence-corrected chi connectivity index (χ4v) is 6.71. The van der Waals surface area contributed by atoms with Gasteiger partial charge in [0.1, 0.15) is 5.82 Å². The number of nitrogens with zero attached hydrogens (tertiary/aromatic N) is 4. The highest BCUT2D eigenvalue weighted by atomic mass is 35.5. The molecule has 0 aromatic carbocycles. The Morgan fingerprint density at radius 2 is 1.74 bits per heavy atom. The first kappa shape index (κ1) is 22.8. The summed E-state index contributed by atoms with van der Waals surface area (Å²) in [5.74, 6) is 1.46. The van der Waals surface area contributed by atoms with Gasteiger partial charge >= 0.3 is 0 Å². The van der Waals surface area contributed by atoms with Gasteiger partial charge in [-0.25, -0.2) is 4.98 Å². The lowest BCUT2D eigenvalue weighted by atomic mass is 9.68. The summed E-state index contributed by atoms with van der Waals surface area (Å²) in [6, 6.07) is 5.72. The zero-order valence-electron chi connectivity index (χ0n) is 19.3. The lowest BCUT2D eigenvalue weighted by Gasteiger charge is -2.44. The molecule has 5 nitrogen and oxygen atoms in total. The molecule has 3 saturated heterocycles. The minimum absolute atomic E-state index is 0. The van der Waals surface area contributed by atoms with Gasteiger partial charge in [-0.2, -0.15) is 0 Å². The van der Waals surface area contributed by atoms with Crippen molar-refractivity contribution in [3.05, 3.63) is 17.8 Å². The lowest BCUT2D eigenvalue weighted by molar-refractivity contribution is -0.132. The van der Waals surface area contributed by atoms with Crippen molar-refractivity contribution in [1.29, 1.82) is 0 Å². The minimum atomic E-state index is -0.0871. The standard InChI is InChI=1S/C25H38N4O.ClH/c1-19-8-6-15-28(19)21-11-17-27(18-21)23-10-9-22(20(2)26-23)29-16-7-14-25(24(29)30)12-4-3-5-13-25;/h9-10,19,21H,3-8,11-18H2,1-2H3;1H/t19-,21+;/m0./s1. The van der Waals surface area contributed by atoms with Crippen molar-refractivity contribution in [2.45, 2.75) is 90.1 Å². The van der Waals surface area contributed by atoms with Crippen molar-refractivity contribution < 1.29 is 4.79 Å². The summed E-state index contributed by atoms with van der Waals surface area (Å²) in [6.45, 7) is 8.74. The average Bonchev–Trinajstić information content (AvgIpc) is 3.40. The number of aromatic nitrogens is 1. The number of pyridine rings is 1. The van der Waals surface area contributed by atoms with Gasteiger partial charge in [-0.1, -0.05) is 19.3 Å². The van der Waals surface area contributed by atoms with Crippen LogP contribution in [-0.4, -0.2) is 54.1 Å². The number of amides is 1.